The Morgan fingerprint density at radius 3 is 2.93 bits per heavy atom. The Bertz CT molecular complexity index is 265. The van der Waals surface area contributed by atoms with Gasteiger partial charge >= 0.3 is 0 Å². The molecule has 3 nitrogen and oxygen atoms in total. The van der Waals surface area contributed by atoms with E-state index in [4.69, 9.17) is 10.00 Å². The van der Waals surface area contributed by atoms with Gasteiger partial charge in [-0.05, 0) is 24.8 Å². The second kappa shape index (κ2) is 5.77. The van der Waals surface area contributed by atoms with E-state index in [0.717, 1.165) is 31.7 Å². The van der Waals surface area contributed by atoms with Crippen LogP contribution in [0.5, 0.6) is 0 Å². The predicted octanol–water partition coefficient (Wildman–Crippen LogP) is 2.16. The highest BCUT2D eigenvalue weighted by Gasteiger charge is 2.26. The molecule has 1 atom stereocenters. The number of hydrogen-bond donors (Lipinski definition) is 0. The topological polar surface area (TPSA) is 36.3 Å². The molecule has 0 saturated carbocycles. The van der Waals surface area contributed by atoms with Gasteiger partial charge in [0, 0.05) is 13.7 Å². The summed E-state index contributed by atoms with van der Waals surface area (Å²) in [7, 11) is 1.72. The lowest BCUT2D eigenvalue weighted by Crippen LogP contribution is -2.32. The first-order valence-electron chi connectivity index (χ1n) is 5.56. The van der Waals surface area contributed by atoms with Gasteiger partial charge in [-0.3, -0.25) is 0 Å². The van der Waals surface area contributed by atoms with Crippen LogP contribution < -0.4 is 0 Å². The quantitative estimate of drug-likeness (QED) is 0.664. The van der Waals surface area contributed by atoms with Crippen molar-refractivity contribution in [1.82, 2.24) is 4.90 Å². The van der Waals surface area contributed by atoms with Crippen molar-refractivity contribution in [3.8, 4) is 6.07 Å². The highest BCUT2D eigenvalue weighted by molar-refractivity contribution is 5.21. The van der Waals surface area contributed by atoms with Crippen LogP contribution in [0.1, 0.15) is 26.7 Å². The van der Waals surface area contributed by atoms with Crippen LogP contribution in [0.4, 0.5) is 0 Å². The first kappa shape index (κ1) is 12.1. The van der Waals surface area contributed by atoms with E-state index in [1.165, 1.54) is 0 Å². The van der Waals surface area contributed by atoms with Crippen molar-refractivity contribution in [2.75, 3.05) is 20.3 Å². The van der Waals surface area contributed by atoms with E-state index in [1.54, 1.807) is 7.11 Å². The molecule has 1 aliphatic rings. The second-order valence-corrected chi connectivity index (χ2v) is 4.35. The third-order valence-electron chi connectivity index (χ3n) is 2.65. The van der Waals surface area contributed by atoms with Gasteiger partial charge in [0.25, 0.3) is 0 Å². The monoisotopic (exact) mass is 208 g/mol. The molecule has 0 aromatic carbocycles. The minimum Gasteiger partial charge on any atom is -0.383 e. The number of nitriles is 1. The minimum absolute atomic E-state index is 0.389. The van der Waals surface area contributed by atoms with Crippen molar-refractivity contribution in [3.63, 3.8) is 0 Å². The second-order valence-electron chi connectivity index (χ2n) is 4.35. The number of ether oxygens (including phenoxy) is 1. The number of nitrogens with zero attached hydrogens (tertiary/aromatic N) is 2. The van der Waals surface area contributed by atoms with Crippen LogP contribution in [0.25, 0.3) is 0 Å². The first-order valence-corrected chi connectivity index (χ1v) is 5.56. The molecule has 0 spiro atoms. The maximum absolute atomic E-state index is 9.12. The molecule has 0 aliphatic carbocycles. The van der Waals surface area contributed by atoms with Gasteiger partial charge in [0.15, 0.2) is 0 Å². The summed E-state index contributed by atoms with van der Waals surface area (Å²) >= 11 is 0. The Kier molecular flexibility index (Phi) is 4.64. The molecule has 1 aliphatic heterocycles. The van der Waals surface area contributed by atoms with E-state index in [0.29, 0.717) is 12.0 Å². The lowest BCUT2D eigenvalue weighted by atomic mass is 10.1. The molecule has 0 bridgehead atoms. The molecule has 1 fully saturated rings. The van der Waals surface area contributed by atoms with Crippen LogP contribution in [0.15, 0.2) is 11.8 Å². The molecule has 0 aromatic rings. The third kappa shape index (κ3) is 3.24. The Morgan fingerprint density at radius 2 is 2.40 bits per heavy atom. The van der Waals surface area contributed by atoms with Crippen LogP contribution in [-0.4, -0.2) is 31.2 Å². The van der Waals surface area contributed by atoms with Gasteiger partial charge in [0.05, 0.1) is 12.6 Å². The summed E-state index contributed by atoms with van der Waals surface area (Å²) < 4.78 is 5.18. The van der Waals surface area contributed by atoms with E-state index in [9.17, 15) is 0 Å². The molecule has 1 saturated heterocycles. The van der Waals surface area contributed by atoms with Crippen LogP contribution >= 0.6 is 0 Å². The molecule has 3 heteroatoms. The number of rotatable bonds is 4. The summed E-state index contributed by atoms with van der Waals surface area (Å²) in [6.07, 6.45) is 4.32. The predicted molar refractivity (Wildman–Crippen MR) is 60.1 cm³/mol. The van der Waals surface area contributed by atoms with Crippen molar-refractivity contribution in [2.45, 2.75) is 32.7 Å². The van der Waals surface area contributed by atoms with Gasteiger partial charge in [0.1, 0.15) is 11.8 Å². The van der Waals surface area contributed by atoms with Gasteiger partial charge in [0.2, 0.25) is 0 Å². The van der Waals surface area contributed by atoms with Gasteiger partial charge in [-0.15, -0.1) is 0 Å². The molecule has 0 aromatic heterocycles. The van der Waals surface area contributed by atoms with E-state index in [2.05, 4.69) is 24.8 Å². The molecule has 1 unspecified atom stereocenters. The summed E-state index contributed by atoms with van der Waals surface area (Å²) in [6, 6.07) is 2.68. The molecule has 0 amide bonds. The smallest absolute Gasteiger partial charge is 0.117 e. The van der Waals surface area contributed by atoms with E-state index in [1.807, 2.05) is 6.08 Å². The fourth-order valence-corrected chi connectivity index (χ4v) is 2.03. The number of likely N-dealkylation sites (tertiary alicyclic amines) is 1. The zero-order valence-electron chi connectivity index (χ0n) is 9.86. The lowest BCUT2D eigenvalue weighted by Gasteiger charge is -2.25. The molecule has 15 heavy (non-hydrogen) atoms. The Hall–Kier alpha value is -1.01. The van der Waals surface area contributed by atoms with E-state index < -0.39 is 0 Å². The molecular formula is C12H20N2O. The third-order valence-corrected chi connectivity index (χ3v) is 2.65. The number of hydrogen-bond acceptors (Lipinski definition) is 3. The Morgan fingerprint density at radius 1 is 1.67 bits per heavy atom. The average molecular weight is 208 g/mol. The highest BCUT2D eigenvalue weighted by Crippen LogP contribution is 2.22. The lowest BCUT2D eigenvalue weighted by molar-refractivity contribution is 0.134. The molecule has 0 radical (unpaired) electrons. The first-order chi connectivity index (χ1) is 7.19. The largest absolute Gasteiger partial charge is 0.383 e. The standard InChI is InChI=1S/C12H20N2O/c1-10(2)7-12(8-13)14-6-4-5-11(14)9-15-3/h7,10-11H,4-6,9H2,1-3H3. The molecule has 1 rings (SSSR count). The van der Waals surface area contributed by atoms with Crippen LogP contribution in [0, 0.1) is 17.2 Å². The Balaban J connectivity index is 2.72. The van der Waals surface area contributed by atoms with Crippen molar-refractivity contribution in [1.29, 1.82) is 5.26 Å². The molecule has 84 valence electrons. The molecule has 1 heterocycles. The van der Waals surface area contributed by atoms with Crippen molar-refractivity contribution in [2.24, 2.45) is 5.92 Å². The molecular weight excluding hydrogens is 188 g/mol. The minimum atomic E-state index is 0.389. The summed E-state index contributed by atoms with van der Waals surface area (Å²) in [5.74, 6) is 0.420. The van der Waals surface area contributed by atoms with Gasteiger partial charge < -0.3 is 9.64 Å². The maximum Gasteiger partial charge on any atom is 0.117 e. The van der Waals surface area contributed by atoms with Gasteiger partial charge in [-0.1, -0.05) is 13.8 Å². The summed E-state index contributed by atoms with van der Waals surface area (Å²) in [6.45, 7) is 5.90. The average Bonchev–Trinajstić information content (AvgIpc) is 2.63. The van der Waals surface area contributed by atoms with Crippen LogP contribution in [0.3, 0.4) is 0 Å². The summed E-state index contributed by atoms with van der Waals surface area (Å²) in [4.78, 5) is 2.18. The normalized spacial score (nSPS) is 22.2. The van der Waals surface area contributed by atoms with Crippen LogP contribution in [0.2, 0.25) is 0 Å². The Labute approximate surface area is 92.3 Å². The SMILES string of the molecule is COCC1CCCN1C(C#N)=CC(C)C. The number of allylic oxidation sites excluding steroid dienone is 2. The zero-order valence-corrected chi connectivity index (χ0v) is 9.86. The summed E-state index contributed by atoms with van der Waals surface area (Å²) in [5, 5.41) is 9.12. The van der Waals surface area contributed by atoms with Gasteiger partial charge in [-0.25, -0.2) is 0 Å². The number of methoxy groups -OCH3 is 1. The molecule has 0 N–H and O–H groups in total. The van der Waals surface area contributed by atoms with E-state index >= 15 is 0 Å². The van der Waals surface area contributed by atoms with Crippen molar-refractivity contribution in [3.05, 3.63) is 11.8 Å². The van der Waals surface area contributed by atoms with Crippen LogP contribution in [-0.2, 0) is 4.74 Å². The van der Waals surface area contributed by atoms with Gasteiger partial charge in [-0.2, -0.15) is 5.26 Å². The van der Waals surface area contributed by atoms with E-state index in [-0.39, 0.29) is 0 Å². The van der Waals surface area contributed by atoms with Crippen molar-refractivity contribution < 1.29 is 4.74 Å². The fourth-order valence-electron chi connectivity index (χ4n) is 2.03. The van der Waals surface area contributed by atoms with Crippen molar-refractivity contribution >= 4 is 0 Å². The maximum atomic E-state index is 9.12. The summed E-state index contributed by atoms with van der Waals surface area (Å²) in [5.41, 5.74) is 0.810. The zero-order chi connectivity index (χ0) is 11.3. The highest BCUT2D eigenvalue weighted by atomic mass is 16.5. The fraction of sp³-hybridized carbons (Fsp3) is 0.750.